The molecule has 0 radical (unpaired) electrons. The highest BCUT2D eigenvalue weighted by Crippen LogP contribution is 2.16. The predicted molar refractivity (Wildman–Crippen MR) is 80.5 cm³/mol. The summed E-state index contributed by atoms with van der Waals surface area (Å²) in [6, 6.07) is 6.40. The molecule has 0 aliphatic carbocycles. The molecular weight excluding hydrogens is 288 g/mol. The summed E-state index contributed by atoms with van der Waals surface area (Å²) >= 11 is 1.57. The first-order valence-corrected chi connectivity index (χ1v) is 7.29. The number of amides is 1. The molecule has 0 unspecified atom stereocenters. The van der Waals surface area contributed by atoms with E-state index in [9.17, 15) is 9.59 Å². The van der Waals surface area contributed by atoms with Crippen molar-refractivity contribution in [2.24, 2.45) is 0 Å². The molecule has 2 N–H and O–H groups in total. The van der Waals surface area contributed by atoms with Gasteiger partial charge in [-0.05, 0) is 31.5 Å². The molecule has 0 saturated heterocycles. The van der Waals surface area contributed by atoms with E-state index < -0.39 is 5.97 Å². The molecule has 0 atom stereocenters. The zero-order chi connectivity index (χ0) is 15.4. The van der Waals surface area contributed by atoms with Crippen molar-refractivity contribution in [2.45, 2.75) is 26.8 Å². The molecule has 2 aromatic rings. The summed E-state index contributed by atoms with van der Waals surface area (Å²) in [5.41, 5.74) is 1.85. The topological polar surface area (TPSA) is 79.3 Å². The van der Waals surface area contributed by atoms with E-state index in [4.69, 9.17) is 5.11 Å². The number of carbonyl (C=O) groups excluding carboxylic acids is 1. The Bertz CT molecular complexity index is 660. The predicted octanol–water partition coefficient (Wildman–Crippen LogP) is 2.32. The fourth-order valence-corrected chi connectivity index (χ4v) is 2.72. The Balaban J connectivity index is 1.92. The first-order chi connectivity index (χ1) is 9.95. The van der Waals surface area contributed by atoms with Crippen molar-refractivity contribution in [3.05, 3.63) is 51.0 Å². The van der Waals surface area contributed by atoms with Crippen LogP contribution in [0, 0.1) is 13.8 Å². The summed E-state index contributed by atoms with van der Waals surface area (Å²) in [6.45, 7) is 4.33. The Kier molecular flexibility index (Phi) is 4.70. The van der Waals surface area contributed by atoms with Gasteiger partial charge in [0.2, 0.25) is 5.91 Å². The largest absolute Gasteiger partial charge is 0.478 e. The van der Waals surface area contributed by atoms with Crippen LogP contribution in [-0.4, -0.2) is 22.0 Å². The van der Waals surface area contributed by atoms with E-state index in [0.717, 1.165) is 15.6 Å². The van der Waals surface area contributed by atoms with Crippen LogP contribution in [0.1, 0.15) is 31.5 Å². The number of carboxylic acid groups (broad SMARTS) is 1. The Morgan fingerprint density at radius 1 is 1.33 bits per heavy atom. The maximum atomic E-state index is 11.9. The van der Waals surface area contributed by atoms with Crippen molar-refractivity contribution in [3.63, 3.8) is 0 Å². The lowest BCUT2D eigenvalue weighted by Gasteiger charge is -2.04. The van der Waals surface area contributed by atoms with Gasteiger partial charge in [0.1, 0.15) is 5.01 Å². The van der Waals surface area contributed by atoms with Crippen molar-refractivity contribution in [2.75, 3.05) is 0 Å². The molecule has 1 amide bonds. The second-order valence-corrected chi connectivity index (χ2v) is 6.00. The van der Waals surface area contributed by atoms with Gasteiger partial charge in [0.05, 0.1) is 24.2 Å². The third-order valence-corrected chi connectivity index (χ3v) is 4.12. The smallest absolute Gasteiger partial charge is 0.335 e. The van der Waals surface area contributed by atoms with Gasteiger partial charge in [-0.15, -0.1) is 11.3 Å². The highest BCUT2D eigenvalue weighted by molar-refractivity contribution is 7.11. The van der Waals surface area contributed by atoms with E-state index in [1.54, 1.807) is 23.5 Å². The summed E-state index contributed by atoms with van der Waals surface area (Å²) in [6.07, 6.45) is 0.157. The van der Waals surface area contributed by atoms with E-state index in [2.05, 4.69) is 10.3 Å². The number of hydrogen-bond donors (Lipinski definition) is 2. The van der Waals surface area contributed by atoms with Gasteiger partial charge >= 0.3 is 5.97 Å². The standard InChI is InChI=1S/C15H16N2O3S/c1-9-10(2)21-14(17-9)8-16-13(18)7-11-4-3-5-12(6-11)15(19)20/h3-6H,7-8H2,1-2H3,(H,16,18)(H,19,20). The van der Waals surface area contributed by atoms with E-state index in [1.165, 1.54) is 12.1 Å². The second-order valence-electron chi connectivity index (χ2n) is 4.71. The van der Waals surface area contributed by atoms with Gasteiger partial charge in [-0.25, -0.2) is 9.78 Å². The molecule has 0 saturated carbocycles. The van der Waals surface area contributed by atoms with Crippen LogP contribution in [0.25, 0.3) is 0 Å². The molecule has 0 aliphatic heterocycles. The number of carboxylic acids is 1. The monoisotopic (exact) mass is 304 g/mol. The summed E-state index contributed by atoms with van der Waals surface area (Å²) < 4.78 is 0. The van der Waals surface area contributed by atoms with Gasteiger partial charge in [0.15, 0.2) is 0 Å². The van der Waals surface area contributed by atoms with Gasteiger partial charge < -0.3 is 10.4 Å². The quantitative estimate of drug-likeness (QED) is 0.888. The lowest BCUT2D eigenvalue weighted by atomic mass is 10.1. The van der Waals surface area contributed by atoms with Crippen molar-refractivity contribution < 1.29 is 14.7 Å². The lowest BCUT2D eigenvalue weighted by molar-refractivity contribution is -0.120. The maximum Gasteiger partial charge on any atom is 0.335 e. The van der Waals surface area contributed by atoms with E-state index in [1.807, 2.05) is 13.8 Å². The van der Waals surface area contributed by atoms with Crippen LogP contribution in [0.3, 0.4) is 0 Å². The maximum absolute atomic E-state index is 11.9. The third kappa shape index (κ3) is 4.13. The Morgan fingerprint density at radius 3 is 2.71 bits per heavy atom. The summed E-state index contributed by atoms with van der Waals surface area (Å²) in [7, 11) is 0. The molecule has 1 aromatic heterocycles. The fraction of sp³-hybridized carbons (Fsp3) is 0.267. The molecule has 0 spiro atoms. The zero-order valence-corrected chi connectivity index (χ0v) is 12.7. The summed E-state index contributed by atoms with van der Waals surface area (Å²) in [4.78, 5) is 28.3. The van der Waals surface area contributed by atoms with Gasteiger partial charge in [0, 0.05) is 4.88 Å². The third-order valence-electron chi connectivity index (χ3n) is 3.05. The van der Waals surface area contributed by atoms with Crippen molar-refractivity contribution in [1.82, 2.24) is 10.3 Å². The van der Waals surface area contributed by atoms with Crippen LogP contribution >= 0.6 is 11.3 Å². The van der Waals surface area contributed by atoms with Crippen molar-refractivity contribution in [1.29, 1.82) is 0 Å². The number of rotatable bonds is 5. The second kappa shape index (κ2) is 6.49. The van der Waals surface area contributed by atoms with Crippen LogP contribution in [0.4, 0.5) is 0 Å². The number of thiazole rings is 1. The fourth-order valence-electron chi connectivity index (χ4n) is 1.85. The Morgan fingerprint density at radius 2 is 2.10 bits per heavy atom. The van der Waals surface area contributed by atoms with E-state index >= 15 is 0 Å². The highest BCUT2D eigenvalue weighted by Gasteiger charge is 2.09. The SMILES string of the molecule is Cc1nc(CNC(=O)Cc2cccc(C(=O)O)c2)sc1C. The van der Waals surface area contributed by atoms with Crippen LogP contribution in [0.2, 0.25) is 0 Å². The lowest BCUT2D eigenvalue weighted by Crippen LogP contribution is -2.24. The molecule has 0 aliphatic rings. The number of nitrogens with one attached hydrogen (secondary N) is 1. The molecule has 2 rings (SSSR count). The van der Waals surface area contributed by atoms with Crippen LogP contribution in [0.15, 0.2) is 24.3 Å². The van der Waals surface area contributed by atoms with Crippen molar-refractivity contribution in [3.8, 4) is 0 Å². The Hall–Kier alpha value is -2.21. The number of aromatic carboxylic acids is 1. The average molecular weight is 304 g/mol. The van der Waals surface area contributed by atoms with E-state index in [-0.39, 0.29) is 17.9 Å². The molecule has 110 valence electrons. The Labute approximate surface area is 126 Å². The van der Waals surface area contributed by atoms with Gasteiger partial charge in [-0.3, -0.25) is 4.79 Å². The molecular formula is C15H16N2O3S. The van der Waals surface area contributed by atoms with Crippen molar-refractivity contribution >= 4 is 23.2 Å². The minimum Gasteiger partial charge on any atom is -0.478 e. The number of benzene rings is 1. The number of aryl methyl sites for hydroxylation is 2. The highest BCUT2D eigenvalue weighted by atomic mass is 32.1. The van der Waals surface area contributed by atoms with E-state index in [0.29, 0.717) is 12.1 Å². The van der Waals surface area contributed by atoms with Gasteiger partial charge in [-0.1, -0.05) is 12.1 Å². The number of aromatic nitrogens is 1. The number of hydrogen-bond acceptors (Lipinski definition) is 4. The first kappa shape index (κ1) is 15.2. The molecule has 5 nitrogen and oxygen atoms in total. The van der Waals surface area contributed by atoms with Crippen LogP contribution in [0.5, 0.6) is 0 Å². The molecule has 1 aromatic carbocycles. The van der Waals surface area contributed by atoms with Crippen LogP contribution in [-0.2, 0) is 17.8 Å². The molecule has 21 heavy (non-hydrogen) atoms. The first-order valence-electron chi connectivity index (χ1n) is 6.47. The molecule has 1 heterocycles. The number of nitrogens with zero attached hydrogens (tertiary/aromatic N) is 1. The summed E-state index contributed by atoms with van der Waals surface area (Å²) in [5, 5.41) is 12.6. The van der Waals surface area contributed by atoms with Gasteiger partial charge in [0.25, 0.3) is 0 Å². The zero-order valence-electron chi connectivity index (χ0n) is 11.8. The average Bonchev–Trinajstić information content (AvgIpc) is 2.76. The summed E-state index contributed by atoms with van der Waals surface area (Å²) in [5.74, 6) is -1.14. The van der Waals surface area contributed by atoms with Gasteiger partial charge in [-0.2, -0.15) is 0 Å². The normalized spacial score (nSPS) is 10.4. The molecule has 6 heteroatoms. The minimum atomic E-state index is -0.994. The van der Waals surface area contributed by atoms with Crippen LogP contribution < -0.4 is 5.32 Å². The minimum absolute atomic E-state index is 0.150. The molecule has 0 bridgehead atoms. The molecule has 0 fully saturated rings. The number of carbonyl (C=O) groups is 2.